The summed E-state index contributed by atoms with van der Waals surface area (Å²) in [6.45, 7) is 1.07. The summed E-state index contributed by atoms with van der Waals surface area (Å²) in [5.41, 5.74) is 4.83. The molecule has 0 unspecified atom stereocenters. The van der Waals surface area contributed by atoms with Crippen molar-refractivity contribution >= 4 is 35.2 Å². The number of nitrogen functional groups attached to an aromatic ring is 1. The van der Waals surface area contributed by atoms with Crippen LogP contribution in [0.3, 0.4) is 0 Å². The van der Waals surface area contributed by atoms with Crippen LogP contribution in [-0.2, 0) is 9.59 Å². The van der Waals surface area contributed by atoms with Gasteiger partial charge in [-0.15, -0.1) is 5.10 Å². The first-order chi connectivity index (χ1) is 11.8. The highest BCUT2D eigenvalue weighted by molar-refractivity contribution is 8.00. The van der Waals surface area contributed by atoms with Gasteiger partial charge in [0.2, 0.25) is 22.9 Å². The van der Waals surface area contributed by atoms with Crippen molar-refractivity contribution in [3.05, 3.63) is 29.6 Å². The van der Waals surface area contributed by atoms with Crippen molar-refractivity contribution in [1.29, 1.82) is 0 Å². The van der Waals surface area contributed by atoms with Crippen LogP contribution >= 0.6 is 11.8 Å². The van der Waals surface area contributed by atoms with E-state index in [4.69, 9.17) is 5.73 Å². The van der Waals surface area contributed by atoms with Crippen LogP contribution in [0.5, 0.6) is 0 Å². The molecule has 1 aromatic carbocycles. The van der Waals surface area contributed by atoms with Crippen LogP contribution in [0, 0.1) is 17.5 Å². The Balaban J connectivity index is 1.85. The Morgan fingerprint density at radius 2 is 2.04 bits per heavy atom. The number of thioether (sulfide) groups is 1. The number of nitrogens with one attached hydrogen (secondary N) is 3. The lowest BCUT2D eigenvalue weighted by Gasteiger charge is -2.11. The Morgan fingerprint density at radius 1 is 1.32 bits per heavy atom. The van der Waals surface area contributed by atoms with E-state index < -0.39 is 46.7 Å². The van der Waals surface area contributed by atoms with Crippen LogP contribution in [0.2, 0.25) is 0 Å². The van der Waals surface area contributed by atoms with Crippen molar-refractivity contribution in [3.8, 4) is 0 Å². The minimum atomic E-state index is -1.70. The van der Waals surface area contributed by atoms with Crippen molar-refractivity contribution in [2.45, 2.75) is 17.3 Å². The largest absolute Gasteiger partial charge is 0.368 e. The van der Waals surface area contributed by atoms with E-state index in [1.54, 1.807) is 6.92 Å². The normalized spacial score (nSPS) is 11.8. The Kier molecular flexibility index (Phi) is 5.85. The highest BCUT2D eigenvalue weighted by Crippen LogP contribution is 2.20. The fraction of sp³-hybridized carbons (Fsp3) is 0.231. The lowest BCUT2D eigenvalue weighted by molar-refractivity contribution is -0.123. The summed E-state index contributed by atoms with van der Waals surface area (Å²) < 4.78 is 39.3. The van der Waals surface area contributed by atoms with Gasteiger partial charge in [0.15, 0.2) is 17.5 Å². The van der Waals surface area contributed by atoms with Gasteiger partial charge in [-0.2, -0.15) is 4.98 Å². The maximum atomic E-state index is 13.4. The molecule has 0 aliphatic rings. The number of carbonyl (C=O) groups is 2. The number of H-pyrrole nitrogens is 1. The first kappa shape index (κ1) is 18.6. The van der Waals surface area contributed by atoms with Gasteiger partial charge in [-0.25, -0.2) is 18.3 Å². The summed E-state index contributed by atoms with van der Waals surface area (Å²) in [6, 6.07) is 1.55. The summed E-state index contributed by atoms with van der Waals surface area (Å²) in [7, 11) is 0. The molecule has 0 spiro atoms. The minimum Gasteiger partial charge on any atom is -0.368 e. The molecular weight excluding hydrogens is 361 g/mol. The third-order valence-electron chi connectivity index (χ3n) is 2.87. The first-order valence-corrected chi connectivity index (χ1v) is 7.71. The zero-order valence-electron chi connectivity index (χ0n) is 12.8. The molecule has 12 heteroatoms. The zero-order valence-corrected chi connectivity index (χ0v) is 13.6. The Bertz CT molecular complexity index is 800. The minimum absolute atomic E-state index is 0.100. The molecule has 0 fully saturated rings. The zero-order chi connectivity index (χ0) is 18.6. The van der Waals surface area contributed by atoms with E-state index in [-0.39, 0.29) is 11.1 Å². The molecule has 0 saturated carbocycles. The van der Waals surface area contributed by atoms with Gasteiger partial charge in [-0.3, -0.25) is 9.59 Å². The van der Waals surface area contributed by atoms with E-state index >= 15 is 0 Å². The molecule has 25 heavy (non-hydrogen) atoms. The predicted molar refractivity (Wildman–Crippen MR) is 84.1 cm³/mol. The number of hydrogen-bond acceptors (Lipinski definition) is 6. The number of halogens is 3. The Morgan fingerprint density at radius 3 is 2.68 bits per heavy atom. The summed E-state index contributed by atoms with van der Waals surface area (Å²) in [4.78, 5) is 27.4. The second-order valence-electron chi connectivity index (χ2n) is 4.75. The number of benzene rings is 1. The molecule has 2 rings (SSSR count). The third kappa shape index (κ3) is 4.86. The molecule has 0 aliphatic carbocycles. The summed E-state index contributed by atoms with van der Waals surface area (Å²) in [5.74, 6) is -5.80. The highest BCUT2D eigenvalue weighted by atomic mass is 32.2. The van der Waals surface area contributed by atoms with Gasteiger partial charge < -0.3 is 16.4 Å². The number of nitrogens with zero attached hydrogens (tertiary/aromatic N) is 2. The van der Waals surface area contributed by atoms with Crippen molar-refractivity contribution in [2.75, 3.05) is 17.6 Å². The summed E-state index contributed by atoms with van der Waals surface area (Å²) in [5, 5.41) is 10.1. The van der Waals surface area contributed by atoms with Gasteiger partial charge in [0.05, 0.1) is 17.5 Å². The second kappa shape index (κ2) is 7.88. The fourth-order valence-electron chi connectivity index (χ4n) is 1.65. The Hall–Kier alpha value is -2.76. The molecule has 134 valence electrons. The van der Waals surface area contributed by atoms with Gasteiger partial charge in [0, 0.05) is 0 Å². The molecule has 1 aromatic heterocycles. The second-order valence-corrected chi connectivity index (χ2v) is 6.06. The number of aromatic nitrogens is 3. The Labute approximate surface area is 143 Å². The number of aromatic amines is 1. The molecular formula is C13H13F3N6O2S. The van der Waals surface area contributed by atoms with E-state index in [0.29, 0.717) is 6.07 Å². The van der Waals surface area contributed by atoms with E-state index in [2.05, 4.69) is 20.5 Å². The molecule has 8 nitrogen and oxygen atoms in total. The molecule has 0 aliphatic heterocycles. The molecule has 5 N–H and O–H groups in total. The molecule has 0 saturated heterocycles. The van der Waals surface area contributed by atoms with Crippen molar-refractivity contribution < 1.29 is 22.8 Å². The number of nitrogens with two attached hydrogens (primary N) is 1. The van der Waals surface area contributed by atoms with E-state index in [1.165, 1.54) is 0 Å². The predicted octanol–water partition coefficient (Wildman–Crippen LogP) is 1.04. The topological polar surface area (TPSA) is 126 Å². The van der Waals surface area contributed by atoms with Crippen molar-refractivity contribution in [1.82, 2.24) is 20.5 Å². The SMILES string of the molecule is C[C@@H](Sc1n[nH]c(N)n1)C(=O)NCC(=O)Nc1ccc(F)c(F)c1F. The number of hydrogen-bond donors (Lipinski definition) is 4. The molecule has 1 heterocycles. The van der Waals surface area contributed by atoms with Crippen molar-refractivity contribution in [2.24, 2.45) is 0 Å². The van der Waals surface area contributed by atoms with Gasteiger partial charge in [0.1, 0.15) is 0 Å². The molecule has 1 atom stereocenters. The average Bonchev–Trinajstić information content (AvgIpc) is 2.98. The van der Waals surface area contributed by atoms with Crippen LogP contribution in [0.1, 0.15) is 6.92 Å². The number of amides is 2. The van der Waals surface area contributed by atoms with E-state index in [0.717, 1.165) is 17.8 Å². The first-order valence-electron chi connectivity index (χ1n) is 6.83. The van der Waals surface area contributed by atoms with E-state index in [1.807, 2.05) is 5.32 Å². The molecule has 0 bridgehead atoms. The lowest BCUT2D eigenvalue weighted by Crippen LogP contribution is -2.37. The average molecular weight is 374 g/mol. The fourth-order valence-corrected chi connectivity index (χ4v) is 2.41. The number of anilines is 2. The number of rotatable bonds is 6. The quantitative estimate of drug-likeness (QED) is 0.442. The van der Waals surface area contributed by atoms with Crippen LogP contribution in [0.15, 0.2) is 17.3 Å². The van der Waals surface area contributed by atoms with Crippen LogP contribution in [-0.4, -0.2) is 38.8 Å². The smallest absolute Gasteiger partial charge is 0.243 e. The summed E-state index contributed by atoms with van der Waals surface area (Å²) >= 11 is 1.01. The van der Waals surface area contributed by atoms with Gasteiger partial charge in [-0.1, -0.05) is 11.8 Å². The van der Waals surface area contributed by atoms with Gasteiger partial charge in [-0.05, 0) is 19.1 Å². The third-order valence-corrected chi connectivity index (χ3v) is 3.83. The monoisotopic (exact) mass is 374 g/mol. The van der Waals surface area contributed by atoms with Gasteiger partial charge >= 0.3 is 0 Å². The van der Waals surface area contributed by atoms with Crippen LogP contribution in [0.25, 0.3) is 0 Å². The van der Waals surface area contributed by atoms with E-state index in [9.17, 15) is 22.8 Å². The van der Waals surface area contributed by atoms with Crippen LogP contribution in [0.4, 0.5) is 24.8 Å². The van der Waals surface area contributed by atoms with Crippen LogP contribution < -0.4 is 16.4 Å². The number of carbonyl (C=O) groups excluding carboxylic acids is 2. The highest BCUT2D eigenvalue weighted by Gasteiger charge is 2.19. The lowest BCUT2D eigenvalue weighted by atomic mass is 10.2. The maximum Gasteiger partial charge on any atom is 0.243 e. The maximum absolute atomic E-state index is 13.4. The van der Waals surface area contributed by atoms with Crippen molar-refractivity contribution in [3.63, 3.8) is 0 Å². The molecule has 2 aromatic rings. The molecule has 0 radical (unpaired) electrons. The standard InChI is InChI=1S/C13H13F3N6O2S/c1-5(25-13-20-12(17)21-22-13)11(24)18-4-8(23)19-7-3-2-6(14)9(15)10(7)16/h2-3,5H,4H2,1H3,(H,18,24)(H,19,23)(H3,17,20,21,22)/t5-/m1/s1. The van der Waals surface area contributed by atoms with Gasteiger partial charge in [0.25, 0.3) is 0 Å². The molecule has 2 amide bonds. The summed E-state index contributed by atoms with van der Waals surface area (Å²) in [6.07, 6.45) is 0.